The first-order chi connectivity index (χ1) is 13.5. The zero-order valence-corrected chi connectivity index (χ0v) is 17.5. The van der Waals surface area contributed by atoms with Crippen LogP contribution in [0.15, 0.2) is 30.5 Å². The first-order valence-corrected chi connectivity index (χ1v) is 10.2. The average Bonchev–Trinajstić information content (AvgIpc) is 2.99. The highest BCUT2D eigenvalue weighted by molar-refractivity contribution is 5.91. The maximum Gasteiger partial charge on any atom is 0.244 e. The highest BCUT2D eigenvalue weighted by atomic mass is 16.1. The van der Waals surface area contributed by atoms with Crippen molar-refractivity contribution in [2.45, 2.75) is 58.5 Å². The van der Waals surface area contributed by atoms with Crippen LogP contribution in [0.1, 0.15) is 60.7 Å². The minimum Gasteiger partial charge on any atom is -0.363 e. The van der Waals surface area contributed by atoms with Gasteiger partial charge in [0.2, 0.25) is 5.91 Å². The van der Waals surface area contributed by atoms with Crippen LogP contribution in [0.3, 0.4) is 0 Å². The van der Waals surface area contributed by atoms with E-state index in [-0.39, 0.29) is 5.91 Å². The third-order valence-corrected chi connectivity index (χ3v) is 5.61. The van der Waals surface area contributed by atoms with Crippen molar-refractivity contribution < 1.29 is 4.79 Å². The lowest BCUT2D eigenvalue weighted by atomic mass is 9.95. The zero-order valence-electron chi connectivity index (χ0n) is 17.5. The molecule has 0 spiro atoms. The van der Waals surface area contributed by atoms with Gasteiger partial charge in [0, 0.05) is 50.3 Å². The summed E-state index contributed by atoms with van der Waals surface area (Å²) in [5.74, 6) is 0.822. The predicted molar refractivity (Wildman–Crippen MR) is 115 cm³/mol. The fraction of sp³-hybridized carbons (Fsp3) is 0.478. The molecule has 5 heteroatoms. The molecule has 2 aromatic rings. The molecule has 0 aliphatic heterocycles. The Balaban J connectivity index is 1.59. The number of hydrogen-bond donors (Lipinski definition) is 1. The number of rotatable bonds is 6. The van der Waals surface area contributed by atoms with Gasteiger partial charge >= 0.3 is 0 Å². The first kappa shape index (κ1) is 20.2. The van der Waals surface area contributed by atoms with Crippen molar-refractivity contribution in [3.8, 4) is 0 Å². The monoisotopic (exact) mass is 380 g/mol. The maximum absolute atomic E-state index is 12.2. The molecule has 0 saturated heterocycles. The molecule has 3 rings (SSSR count). The van der Waals surface area contributed by atoms with E-state index in [1.54, 1.807) is 12.3 Å². The van der Waals surface area contributed by atoms with Crippen LogP contribution >= 0.6 is 0 Å². The van der Waals surface area contributed by atoms with Crippen molar-refractivity contribution >= 4 is 17.8 Å². The molecule has 150 valence electrons. The summed E-state index contributed by atoms with van der Waals surface area (Å²) in [6, 6.07) is 6.75. The van der Waals surface area contributed by atoms with E-state index in [1.165, 1.54) is 43.5 Å². The number of aryl methyl sites for hydroxylation is 1. The number of aromatic nitrogens is 2. The molecule has 1 aliphatic carbocycles. The number of pyridine rings is 1. The number of anilines is 1. The van der Waals surface area contributed by atoms with Gasteiger partial charge in [0.25, 0.3) is 0 Å². The molecular formula is C23H32N4O. The molecule has 1 saturated carbocycles. The molecule has 2 aromatic heterocycles. The fourth-order valence-corrected chi connectivity index (χ4v) is 4.07. The minimum atomic E-state index is -0.0841. The molecule has 0 atom stereocenters. The third kappa shape index (κ3) is 4.83. The second-order valence-electron chi connectivity index (χ2n) is 7.96. The Morgan fingerprint density at radius 1 is 1.25 bits per heavy atom. The van der Waals surface area contributed by atoms with Crippen molar-refractivity contribution in [3.63, 3.8) is 0 Å². The number of nitrogens with zero attached hydrogens (tertiary/aromatic N) is 3. The molecule has 0 unspecified atom stereocenters. The van der Waals surface area contributed by atoms with Crippen LogP contribution in [0, 0.1) is 13.8 Å². The van der Waals surface area contributed by atoms with Crippen molar-refractivity contribution in [2.24, 2.45) is 0 Å². The summed E-state index contributed by atoms with van der Waals surface area (Å²) >= 11 is 0. The van der Waals surface area contributed by atoms with E-state index in [9.17, 15) is 4.79 Å². The Hall–Kier alpha value is -2.56. The Kier molecular flexibility index (Phi) is 6.55. The van der Waals surface area contributed by atoms with Crippen molar-refractivity contribution in [3.05, 3.63) is 53.0 Å². The Morgan fingerprint density at radius 3 is 2.64 bits per heavy atom. The predicted octanol–water partition coefficient (Wildman–Crippen LogP) is 4.40. The zero-order chi connectivity index (χ0) is 20.1. The summed E-state index contributed by atoms with van der Waals surface area (Å²) in [4.78, 5) is 18.6. The molecule has 1 N–H and O–H groups in total. The second-order valence-corrected chi connectivity index (χ2v) is 7.96. The molecule has 5 nitrogen and oxygen atoms in total. The summed E-state index contributed by atoms with van der Waals surface area (Å²) in [6.45, 7) is 4.81. The standard InChI is InChI=1S/C23H32N4O/c1-17-14-20(18(2)27(17)21-8-6-5-7-9-21)11-13-23(28)25-16-19-10-12-22(24-15-19)26(3)4/h10-15,21H,5-9,16H2,1-4H3,(H,25,28)/b13-11+. The van der Waals surface area contributed by atoms with Crippen LogP contribution in [-0.4, -0.2) is 29.6 Å². The van der Waals surface area contributed by atoms with E-state index < -0.39 is 0 Å². The van der Waals surface area contributed by atoms with Gasteiger partial charge in [-0.3, -0.25) is 4.79 Å². The van der Waals surface area contributed by atoms with Gasteiger partial charge in [0.05, 0.1) is 0 Å². The number of hydrogen-bond acceptors (Lipinski definition) is 3. The van der Waals surface area contributed by atoms with Gasteiger partial charge in [-0.25, -0.2) is 4.98 Å². The van der Waals surface area contributed by atoms with E-state index in [0.29, 0.717) is 12.6 Å². The summed E-state index contributed by atoms with van der Waals surface area (Å²) in [5, 5.41) is 2.94. The van der Waals surface area contributed by atoms with Gasteiger partial charge in [-0.15, -0.1) is 0 Å². The lowest BCUT2D eigenvalue weighted by Gasteiger charge is -2.26. The second kappa shape index (κ2) is 9.09. The molecule has 1 amide bonds. The maximum atomic E-state index is 12.2. The third-order valence-electron chi connectivity index (χ3n) is 5.61. The van der Waals surface area contributed by atoms with Crippen LogP contribution in [0.25, 0.3) is 6.08 Å². The quantitative estimate of drug-likeness (QED) is 0.756. The molecular weight excluding hydrogens is 348 g/mol. The van der Waals surface area contributed by atoms with Gasteiger partial charge in [-0.1, -0.05) is 25.3 Å². The van der Waals surface area contributed by atoms with Crippen LogP contribution < -0.4 is 10.2 Å². The number of carbonyl (C=O) groups excluding carboxylic acids is 1. The van der Waals surface area contributed by atoms with E-state index in [1.807, 2.05) is 37.2 Å². The van der Waals surface area contributed by atoms with Gasteiger partial charge < -0.3 is 14.8 Å². The lowest BCUT2D eigenvalue weighted by Crippen LogP contribution is -2.20. The summed E-state index contributed by atoms with van der Waals surface area (Å²) < 4.78 is 2.47. The first-order valence-electron chi connectivity index (χ1n) is 10.2. The molecule has 0 radical (unpaired) electrons. The lowest BCUT2D eigenvalue weighted by molar-refractivity contribution is -0.116. The topological polar surface area (TPSA) is 50.2 Å². The average molecular weight is 381 g/mol. The van der Waals surface area contributed by atoms with E-state index in [0.717, 1.165) is 16.9 Å². The summed E-state index contributed by atoms with van der Waals surface area (Å²) in [6.07, 6.45) is 11.9. The highest BCUT2D eigenvalue weighted by Gasteiger charge is 2.19. The SMILES string of the molecule is Cc1cc(/C=C/C(=O)NCc2ccc(N(C)C)nc2)c(C)n1C1CCCCC1. The Bertz CT molecular complexity index is 827. The van der Waals surface area contributed by atoms with Crippen LogP contribution in [-0.2, 0) is 11.3 Å². The largest absolute Gasteiger partial charge is 0.363 e. The molecule has 1 aliphatic rings. The molecule has 28 heavy (non-hydrogen) atoms. The van der Waals surface area contributed by atoms with E-state index in [2.05, 4.69) is 34.8 Å². The molecule has 1 fully saturated rings. The minimum absolute atomic E-state index is 0.0841. The van der Waals surface area contributed by atoms with Gasteiger partial charge in [-0.05, 0) is 56.0 Å². The van der Waals surface area contributed by atoms with Crippen LogP contribution in [0.5, 0.6) is 0 Å². The highest BCUT2D eigenvalue weighted by Crippen LogP contribution is 2.32. The molecule has 0 bridgehead atoms. The van der Waals surface area contributed by atoms with Crippen LogP contribution in [0.4, 0.5) is 5.82 Å². The summed E-state index contributed by atoms with van der Waals surface area (Å²) in [5.41, 5.74) is 4.67. The van der Waals surface area contributed by atoms with Gasteiger partial charge in [0.15, 0.2) is 0 Å². The van der Waals surface area contributed by atoms with E-state index in [4.69, 9.17) is 0 Å². The number of nitrogens with one attached hydrogen (secondary N) is 1. The smallest absolute Gasteiger partial charge is 0.244 e. The Morgan fingerprint density at radius 2 is 2.00 bits per heavy atom. The molecule has 0 aromatic carbocycles. The Labute approximate surface area is 168 Å². The van der Waals surface area contributed by atoms with Crippen molar-refractivity contribution in [1.29, 1.82) is 0 Å². The normalized spacial score (nSPS) is 15.1. The van der Waals surface area contributed by atoms with E-state index >= 15 is 0 Å². The van der Waals surface area contributed by atoms with Gasteiger partial charge in [-0.2, -0.15) is 0 Å². The number of amides is 1. The van der Waals surface area contributed by atoms with Crippen molar-refractivity contribution in [1.82, 2.24) is 14.9 Å². The number of carbonyl (C=O) groups is 1. The summed E-state index contributed by atoms with van der Waals surface area (Å²) in [7, 11) is 3.92. The van der Waals surface area contributed by atoms with Crippen LogP contribution in [0.2, 0.25) is 0 Å². The van der Waals surface area contributed by atoms with Crippen molar-refractivity contribution in [2.75, 3.05) is 19.0 Å². The fourth-order valence-electron chi connectivity index (χ4n) is 4.07. The van der Waals surface area contributed by atoms with Gasteiger partial charge in [0.1, 0.15) is 5.82 Å². The molecule has 2 heterocycles.